The summed E-state index contributed by atoms with van der Waals surface area (Å²) in [4.78, 5) is 16.7. The van der Waals surface area contributed by atoms with Crippen LogP contribution in [0.15, 0.2) is 60.8 Å². The Morgan fingerprint density at radius 2 is 1.71 bits per heavy atom. The number of hydrogen-bond acceptors (Lipinski definition) is 9. The molecule has 0 spiro atoms. The maximum atomic E-state index is 14.0. The minimum atomic E-state index is -0.207. The third-order valence-corrected chi connectivity index (χ3v) is 8.01. The molecule has 2 aliphatic heterocycles. The van der Waals surface area contributed by atoms with Gasteiger partial charge in [0.05, 0.1) is 44.4 Å². The Balaban J connectivity index is 1.11. The highest BCUT2D eigenvalue weighted by molar-refractivity contribution is 5.62. The SMILES string of the molecule is NCCOCCOCCN1CCN(c2cccc(-c3cnc4ccc(N5CCC[C@H]5c5cccc(F)c5)nn34)n2)CC1. The average Bonchev–Trinajstić information content (AvgIpc) is 3.69. The Kier molecular flexibility index (Phi) is 9.19. The fourth-order valence-electron chi connectivity index (χ4n) is 5.83. The molecule has 1 aromatic carbocycles. The molecule has 3 aromatic heterocycles. The maximum Gasteiger partial charge on any atom is 0.154 e. The first-order valence-corrected chi connectivity index (χ1v) is 14.9. The van der Waals surface area contributed by atoms with E-state index in [-0.39, 0.29) is 11.9 Å². The molecule has 42 heavy (non-hydrogen) atoms. The summed E-state index contributed by atoms with van der Waals surface area (Å²) in [5.74, 6) is 1.60. The Morgan fingerprint density at radius 3 is 2.55 bits per heavy atom. The van der Waals surface area contributed by atoms with E-state index in [0.29, 0.717) is 33.0 Å². The molecule has 11 heteroatoms. The summed E-state index contributed by atoms with van der Waals surface area (Å²) in [6.07, 6.45) is 3.84. The predicted octanol–water partition coefficient (Wildman–Crippen LogP) is 3.39. The molecule has 2 aliphatic rings. The second-order valence-corrected chi connectivity index (χ2v) is 10.7. The highest BCUT2D eigenvalue weighted by atomic mass is 19.1. The molecule has 0 saturated carbocycles. The number of pyridine rings is 1. The molecular weight excluding hydrogens is 535 g/mol. The molecule has 0 radical (unpaired) electrons. The Morgan fingerprint density at radius 1 is 0.881 bits per heavy atom. The number of nitrogens with two attached hydrogens (primary N) is 1. The first kappa shape index (κ1) is 28.5. The number of aromatic nitrogens is 4. The van der Waals surface area contributed by atoms with E-state index in [1.807, 2.05) is 41.0 Å². The fourth-order valence-corrected chi connectivity index (χ4v) is 5.83. The summed E-state index contributed by atoms with van der Waals surface area (Å²) in [7, 11) is 0. The molecule has 2 N–H and O–H groups in total. The number of piperazine rings is 1. The third-order valence-electron chi connectivity index (χ3n) is 8.01. The van der Waals surface area contributed by atoms with Crippen LogP contribution in [0.4, 0.5) is 16.0 Å². The topological polar surface area (TPSA) is 97.3 Å². The largest absolute Gasteiger partial charge is 0.378 e. The monoisotopic (exact) mass is 574 g/mol. The van der Waals surface area contributed by atoms with Gasteiger partial charge in [-0.05, 0) is 54.8 Å². The van der Waals surface area contributed by atoms with Crippen molar-refractivity contribution in [1.82, 2.24) is 24.5 Å². The van der Waals surface area contributed by atoms with E-state index in [1.165, 1.54) is 6.07 Å². The second-order valence-electron chi connectivity index (χ2n) is 10.7. The zero-order valence-corrected chi connectivity index (χ0v) is 23.9. The van der Waals surface area contributed by atoms with Crippen molar-refractivity contribution >= 4 is 17.3 Å². The van der Waals surface area contributed by atoms with Crippen LogP contribution in [0.2, 0.25) is 0 Å². The zero-order chi connectivity index (χ0) is 28.7. The van der Waals surface area contributed by atoms with E-state index in [0.717, 1.165) is 86.3 Å². The number of ether oxygens (including phenoxy) is 2. The Hall–Kier alpha value is -3.64. The van der Waals surface area contributed by atoms with Crippen molar-refractivity contribution in [2.24, 2.45) is 5.73 Å². The van der Waals surface area contributed by atoms with Crippen molar-refractivity contribution in [1.29, 1.82) is 0 Å². The number of imidazole rings is 1. The number of rotatable bonds is 12. The number of fused-ring (bicyclic) bond motifs is 1. The van der Waals surface area contributed by atoms with Crippen LogP contribution in [-0.4, -0.2) is 96.7 Å². The van der Waals surface area contributed by atoms with Gasteiger partial charge in [0.15, 0.2) is 5.65 Å². The molecule has 5 heterocycles. The summed E-state index contributed by atoms with van der Waals surface area (Å²) in [5.41, 5.74) is 8.86. The molecule has 0 amide bonds. The summed E-state index contributed by atoms with van der Waals surface area (Å²) < 4.78 is 26.9. The van der Waals surface area contributed by atoms with Crippen molar-refractivity contribution in [2.75, 3.05) is 82.0 Å². The molecule has 4 aromatic rings. The van der Waals surface area contributed by atoms with Gasteiger partial charge in [-0.25, -0.2) is 18.9 Å². The van der Waals surface area contributed by atoms with Gasteiger partial charge in [-0.15, -0.1) is 5.10 Å². The van der Waals surface area contributed by atoms with Crippen LogP contribution in [0.1, 0.15) is 24.4 Å². The van der Waals surface area contributed by atoms with Gasteiger partial charge in [0.25, 0.3) is 0 Å². The Labute approximate surface area is 245 Å². The standard InChI is InChI=1S/C31H39FN8O2/c32-25-5-1-4-24(22-25)27-7-3-12-39(27)31-10-9-29-34-23-28(40(29)36-31)26-6-2-8-30(35-26)38-15-13-37(14-16-38)17-19-42-21-20-41-18-11-33/h1-2,4-6,8-10,22-23,27H,3,7,11-21,33H2/t27-/m0/s1. The number of anilines is 2. The van der Waals surface area contributed by atoms with E-state index in [4.69, 9.17) is 25.3 Å². The lowest BCUT2D eigenvalue weighted by Gasteiger charge is -2.35. The number of nitrogens with zero attached hydrogens (tertiary/aromatic N) is 7. The smallest absolute Gasteiger partial charge is 0.154 e. The molecule has 0 bridgehead atoms. The van der Waals surface area contributed by atoms with Crippen LogP contribution in [0.25, 0.3) is 17.0 Å². The first-order chi connectivity index (χ1) is 20.7. The summed E-state index contributed by atoms with van der Waals surface area (Å²) in [6.45, 7) is 8.51. The molecule has 2 saturated heterocycles. The van der Waals surface area contributed by atoms with Gasteiger partial charge in [-0.1, -0.05) is 18.2 Å². The van der Waals surface area contributed by atoms with Gasteiger partial charge >= 0.3 is 0 Å². The number of hydrogen-bond donors (Lipinski definition) is 1. The van der Waals surface area contributed by atoms with Crippen LogP contribution >= 0.6 is 0 Å². The van der Waals surface area contributed by atoms with Gasteiger partial charge in [0.2, 0.25) is 0 Å². The van der Waals surface area contributed by atoms with E-state index in [9.17, 15) is 4.39 Å². The van der Waals surface area contributed by atoms with E-state index in [2.05, 4.69) is 25.8 Å². The third kappa shape index (κ3) is 6.54. The van der Waals surface area contributed by atoms with E-state index >= 15 is 0 Å². The molecule has 0 unspecified atom stereocenters. The summed E-state index contributed by atoms with van der Waals surface area (Å²) >= 11 is 0. The zero-order valence-electron chi connectivity index (χ0n) is 23.9. The van der Waals surface area contributed by atoms with Crippen molar-refractivity contribution in [3.05, 3.63) is 72.2 Å². The van der Waals surface area contributed by atoms with Crippen molar-refractivity contribution in [3.8, 4) is 11.4 Å². The number of benzene rings is 1. The molecule has 222 valence electrons. The van der Waals surface area contributed by atoms with Crippen LogP contribution < -0.4 is 15.5 Å². The Bertz CT molecular complexity index is 1460. The average molecular weight is 575 g/mol. The minimum absolute atomic E-state index is 0.0969. The lowest BCUT2D eigenvalue weighted by molar-refractivity contribution is 0.0405. The van der Waals surface area contributed by atoms with Crippen LogP contribution in [0.5, 0.6) is 0 Å². The lowest BCUT2D eigenvalue weighted by Crippen LogP contribution is -2.47. The predicted molar refractivity (Wildman–Crippen MR) is 161 cm³/mol. The molecule has 2 fully saturated rings. The van der Waals surface area contributed by atoms with E-state index < -0.39 is 0 Å². The molecule has 6 rings (SSSR count). The van der Waals surface area contributed by atoms with Gasteiger partial charge in [-0.3, -0.25) is 4.90 Å². The van der Waals surface area contributed by atoms with E-state index in [1.54, 1.807) is 12.1 Å². The van der Waals surface area contributed by atoms with Crippen molar-refractivity contribution in [2.45, 2.75) is 18.9 Å². The highest BCUT2D eigenvalue weighted by Gasteiger charge is 2.28. The fraction of sp³-hybridized carbons (Fsp3) is 0.452. The second kappa shape index (κ2) is 13.6. The lowest BCUT2D eigenvalue weighted by atomic mass is 10.0. The maximum absolute atomic E-state index is 14.0. The van der Waals surface area contributed by atoms with Crippen molar-refractivity contribution in [3.63, 3.8) is 0 Å². The first-order valence-electron chi connectivity index (χ1n) is 14.9. The minimum Gasteiger partial charge on any atom is -0.378 e. The molecule has 0 aliphatic carbocycles. The highest BCUT2D eigenvalue weighted by Crippen LogP contribution is 2.35. The molecule has 1 atom stereocenters. The van der Waals surface area contributed by atoms with Gasteiger partial charge in [0, 0.05) is 45.8 Å². The molecular formula is C31H39FN8O2. The van der Waals surface area contributed by atoms with Gasteiger partial charge < -0.3 is 25.0 Å². The molecule has 10 nitrogen and oxygen atoms in total. The van der Waals surface area contributed by atoms with Crippen LogP contribution in [0.3, 0.4) is 0 Å². The van der Waals surface area contributed by atoms with Crippen LogP contribution in [0, 0.1) is 5.82 Å². The van der Waals surface area contributed by atoms with Gasteiger partial charge in [-0.2, -0.15) is 0 Å². The summed E-state index contributed by atoms with van der Waals surface area (Å²) in [5, 5.41) is 5.00. The normalized spacial score (nSPS) is 17.9. The van der Waals surface area contributed by atoms with Crippen LogP contribution in [-0.2, 0) is 9.47 Å². The number of halogens is 1. The van der Waals surface area contributed by atoms with Gasteiger partial charge in [0.1, 0.15) is 23.1 Å². The summed E-state index contributed by atoms with van der Waals surface area (Å²) in [6, 6.07) is 17.1. The quantitative estimate of drug-likeness (QED) is 0.256. The van der Waals surface area contributed by atoms with Crippen molar-refractivity contribution < 1.29 is 13.9 Å².